The lowest BCUT2D eigenvalue weighted by Gasteiger charge is -2.40. The van der Waals surface area contributed by atoms with E-state index in [0.717, 1.165) is 5.56 Å². The lowest BCUT2D eigenvalue weighted by Crippen LogP contribution is -2.66. The summed E-state index contributed by atoms with van der Waals surface area (Å²) in [6, 6.07) is 5.04. The van der Waals surface area contributed by atoms with Crippen LogP contribution in [0.2, 0.25) is 0 Å². The van der Waals surface area contributed by atoms with Gasteiger partial charge >= 0.3 is 5.97 Å². The smallest absolute Gasteiger partial charge is 0.351 e. The minimum atomic E-state index is -1.63. The highest BCUT2D eigenvalue weighted by atomic mass is 16.4. The van der Waals surface area contributed by atoms with E-state index in [1.165, 1.54) is 4.90 Å². The Kier molecular flexibility index (Phi) is 2.20. The standard InChI is InChI=1S/C13H12N2O4/c1-7-2-3-9-8(6-7)11(17)14-13(12(18)19)5-4-10(16)15(9)13/h2-3,6H,4-5H2,1H3,(H,14,17)(H,18,19). The van der Waals surface area contributed by atoms with Crippen LogP contribution in [0.4, 0.5) is 5.69 Å². The van der Waals surface area contributed by atoms with Gasteiger partial charge in [0.05, 0.1) is 11.3 Å². The number of nitrogens with one attached hydrogen (secondary N) is 1. The van der Waals surface area contributed by atoms with Gasteiger partial charge in [-0.15, -0.1) is 0 Å². The molecular weight excluding hydrogens is 248 g/mol. The molecule has 1 saturated heterocycles. The Labute approximate surface area is 109 Å². The van der Waals surface area contributed by atoms with Crippen LogP contribution in [0.1, 0.15) is 28.8 Å². The summed E-state index contributed by atoms with van der Waals surface area (Å²) in [6.07, 6.45) is 0.195. The minimum absolute atomic E-state index is 0.0836. The third kappa shape index (κ3) is 1.39. The Bertz CT molecular complexity index is 625. The maximum atomic E-state index is 12.1. The highest BCUT2D eigenvalue weighted by Gasteiger charge is 2.56. The molecule has 0 aliphatic carbocycles. The number of anilines is 1. The molecule has 19 heavy (non-hydrogen) atoms. The summed E-state index contributed by atoms with van der Waals surface area (Å²) >= 11 is 0. The topological polar surface area (TPSA) is 86.7 Å². The minimum Gasteiger partial charge on any atom is -0.478 e. The quantitative estimate of drug-likeness (QED) is 0.776. The SMILES string of the molecule is Cc1ccc2c(c1)C(=O)NC1(C(=O)O)CCC(=O)N21. The van der Waals surface area contributed by atoms with Gasteiger partial charge in [-0.3, -0.25) is 14.5 Å². The van der Waals surface area contributed by atoms with Gasteiger partial charge in [0, 0.05) is 12.8 Å². The molecule has 2 amide bonds. The second kappa shape index (κ2) is 3.57. The first-order valence-electron chi connectivity index (χ1n) is 5.95. The van der Waals surface area contributed by atoms with Crippen LogP contribution in [-0.4, -0.2) is 28.6 Å². The zero-order chi connectivity index (χ0) is 13.8. The number of rotatable bonds is 1. The van der Waals surface area contributed by atoms with Crippen molar-refractivity contribution in [1.82, 2.24) is 5.32 Å². The van der Waals surface area contributed by atoms with Crippen molar-refractivity contribution < 1.29 is 19.5 Å². The van der Waals surface area contributed by atoms with Crippen molar-refractivity contribution in [3.63, 3.8) is 0 Å². The van der Waals surface area contributed by atoms with Crippen LogP contribution < -0.4 is 10.2 Å². The number of aliphatic carboxylic acids is 1. The number of carbonyl (C=O) groups excluding carboxylic acids is 2. The third-order valence-corrected chi connectivity index (χ3v) is 3.64. The summed E-state index contributed by atoms with van der Waals surface area (Å²) in [5, 5.41) is 11.9. The number of carboxylic acids is 1. The molecule has 6 nitrogen and oxygen atoms in total. The van der Waals surface area contributed by atoms with E-state index in [1.54, 1.807) is 18.2 Å². The van der Waals surface area contributed by atoms with Crippen LogP contribution in [0.3, 0.4) is 0 Å². The predicted molar refractivity (Wildman–Crippen MR) is 65.7 cm³/mol. The monoisotopic (exact) mass is 260 g/mol. The lowest BCUT2D eigenvalue weighted by molar-refractivity contribution is -0.144. The summed E-state index contributed by atoms with van der Waals surface area (Å²) < 4.78 is 0. The Hall–Kier alpha value is -2.37. The molecule has 1 unspecified atom stereocenters. The van der Waals surface area contributed by atoms with Crippen molar-refractivity contribution in [3.8, 4) is 0 Å². The van der Waals surface area contributed by atoms with Gasteiger partial charge < -0.3 is 10.4 Å². The molecule has 6 heteroatoms. The highest BCUT2D eigenvalue weighted by Crippen LogP contribution is 2.39. The number of carbonyl (C=O) groups is 3. The molecule has 1 aromatic rings. The fourth-order valence-corrected chi connectivity index (χ4v) is 2.72. The molecule has 2 N–H and O–H groups in total. The molecule has 98 valence electrons. The molecular formula is C13H12N2O4. The average molecular weight is 260 g/mol. The predicted octanol–water partition coefficient (Wildman–Crippen LogP) is 0.646. The van der Waals surface area contributed by atoms with Crippen LogP contribution in [-0.2, 0) is 9.59 Å². The van der Waals surface area contributed by atoms with E-state index in [0.29, 0.717) is 11.3 Å². The van der Waals surface area contributed by atoms with E-state index in [4.69, 9.17) is 0 Å². The van der Waals surface area contributed by atoms with E-state index < -0.39 is 17.5 Å². The van der Waals surface area contributed by atoms with Crippen molar-refractivity contribution in [2.75, 3.05) is 4.90 Å². The molecule has 0 aromatic heterocycles. The molecule has 3 rings (SSSR count). The summed E-state index contributed by atoms with van der Waals surface area (Å²) in [5.41, 5.74) is -0.0362. The summed E-state index contributed by atoms with van der Waals surface area (Å²) in [6.45, 7) is 1.83. The summed E-state index contributed by atoms with van der Waals surface area (Å²) in [7, 11) is 0. The van der Waals surface area contributed by atoms with E-state index in [9.17, 15) is 19.5 Å². The van der Waals surface area contributed by atoms with E-state index in [2.05, 4.69) is 5.32 Å². The fourth-order valence-electron chi connectivity index (χ4n) is 2.72. The molecule has 1 fully saturated rings. The largest absolute Gasteiger partial charge is 0.478 e. The fraction of sp³-hybridized carbons (Fsp3) is 0.308. The molecule has 2 aliphatic rings. The second-order valence-electron chi connectivity index (χ2n) is 4.87. The van der Waals surface area contributed by atoms with Crippen LogP contribution in [0.15, 0.2) is 18.2 Å². The van der Waals surface area contributed by atoms with Crippen molar-refractivity contribution in [2.24, 2.45) is 0 Å². The van der Waals surface area contributed by atoms with Crippen molar-refractivity contribution in [3.05, 3.63) is 29.3 Å². The second-order valence-corrected chi connectivity index (χ2v) is 4.87. The molecule has 1 atom stereocenters. The maximum absolute atomic E-state index is 12.1. The number of fused-ring (bicyclic) bond motifs is 3. The zero-order valence-corrected chi connectivity index (χ0v) is 10.3. The van der Waals surface area contributed by atoms with Gasteiger partial charge in [-0.25, -0.2) is 4.79 Å². The van der Waals surface area contributed by atoms with Crippen LogP contribution in [0, 0.1) is 6.92 Å². The number of hydrogen-bond acceptors (Lipinski definition) is 3. The first-order chi connectivity index (χ1) is 8.95. The number of aryl methyl sites for hydroxylation is 1. The van der Waals surface area contributed by atoms with E-state index in [-0.39, 0.29) is 18.7 Å². The van der Waals surface area contributed by atoms with Gasteiger partial charge in [-0.1, -0.05) is 11.6 Å². The van der Waals surface area contributed by atoms with Crippen LogP contribution in [0.5, 0.6) is 0 Å². The van der Waals surface area contributed by atoms with Gasteiger partial charge in [0.25, 0.3) is 5.91 Å². The van der Waals surface area contributed by atoms with Gasteiger partial charge in [0.1, 0.15) is 0 Å². The van der Waals surface area contributed by atoms with Crippen LogP contribution >= 0.6 is 0 Å². The number of nitrogens with zero attached hydrogens (tertiary/aromatic N) is 1. The lowest BCUT2D eigenvalue weighted by atomic mass is 9.98. The van der Waals surface area contributed by atoms with E-state index >= 15 is 0 Å². The normalized spacial score (nSPS) is 24.8. The van der Waals surface area contributed by atoms with Crippen molar-refractivity contribution in [2.45, 2.75) is 25.4 Å². The molecule has 0 radical (unpaired) electrons. The number of hydrogen-bond donors (Lipinski definition) is 2. The molecule has 2 heterocycles. The molecule has 2 aliphatic heterocycles. The number of carboxylic acid groups (broad SMARTS) is 1. The average Bonchev–Trinajstić information content (AvgIpc) is 2.69. The van der Waals surface area contributed by atoms with E-state index in [1.807, 2.05) is 6.92 Å². The first-order valence-corrected chi connectivity index (χ1v) is 5.95. The molecule has 0 bridgehead atoms. The summed E-state index contributed by atoms with van der Waals surface area (Å²) in [5.74, 6) is -1.95. The van der Waals surface area contributed by atoms with Crippen molar-refractivity contribution >= 4 is 23.5 Å². The first kappa shape index (κ1) is 11.7. The van der Waals surface area contributed by atoms with Crippen LogP contribution in [0.25, 0.3) is 0 Å². The zero-order valence-electron chi connectivity index (χ0n) is 10.3. The highest BCUT2D eigenvalue weighted by molar-refractivity contribution is 6.15. The van der Waals surface area contributed by atoms with Gasteiger partial charge in [0.2, 0.25) is 11.6 Å². The maximum Gasteiger partial charge on any atom is 0.351 e. The summed E-state index contributed by atoms with van der Waals surface area (Å²) in [4.78, 5) is 36.8. The molecule has 1 aromatic carbocycles. The number of benzene rings is 1. The Morgan fingerprint density at radius 3 is 2.84 bits per heavy atom. The van der Waals surface area contributed by atoms with Crippen molar-refractivity contribution in [1.29, 1.82) is 0 Å². The third-order valence-electron chi connectivity index (χ3n) is 3.64. The molecule has 0 saturated carbocycles. The Morgan fingerprint density at radius 1 is 1.42 bits per heavy atom. The Balaban J connectivity index is 2.25. The Morgan fingerprint density at radius 2 is 2.16 bits per heavy atom. The number of amides is 2. The van der Waals surface area contributed by atoms with Gasteiger partial charge in [0.15, 0.2) is 0 Å². The van der Waals surface area contributed by atoms with Gasteiger partial charge in [-0.2, -0.15) is 0 Å². The molecule has 0 spiro atoms. The van der Waals surface area contributed by atoms with Gasteiger partial charge in [-0.05, 0) is 19.1 Å².